The van der Waals surface area contributed by atoms with Crippen LogP contribution in [0.1, 0.15) is 29.9 Å². The Bertz CT molecular complexity index is 1280. The summed E-state index contributed by atoms with van der Waals surface area (Å²) in [5.74, 6) is 2.28. The monoisotopic (exact) mass is 476 g/mol. The average molecular weight is 477 g/mol. The molecular weight excluding hydrogens is 448 g/mol. The Hall–Kier alpha value is -3.59. The molecule has 2 heterocycles. The lowest BCUT2D eigenvalue weighted by atomic mass is 10.0. The first kappa shape index (κ1) is 23.6. The van der Waals surface area contributed by atoms with Gasteiger partial charge in [-0.05, 0) is 26.0 Å². The minimum absolute atomic E-state index is 0.133. The number of imidazole rings is 1. The number of rotatable bonds is 9. The lowest BCUT2D eigenvalue weighted by Crippen LogP contribution is -2.32. The van der Waals surface area contributed by atoms with Crippen molar-refractivity contribution >= 4 is 17.7 Å². The first-order valence-corrected chi connectivity index (χ1v) is 12.0. The lowest BCUT2D eigenvalue weighted by Gasteiger charge is -2.21. The van der Waals surface area contributed by atoms with Gasteiger partial charge in [-0.25, -0.2) is 4.98 Å². The van der Waals surface area contributed by atoms with Crippen LogP contribution >= 0.6 is 11.8 Å². The van der Waals surface area contributed by atoms with Crippen LogP contribution in [0.4, 0.5) is 0 Å². The van der Waals surface area contributed by atoms with E-state index in [1.54, 1.807) is 13.3 Å². The van der Waals surface area contributed by atoms with Crippen LogP contribution in [-0.4, -0.2) is 43.1 Å². The Kier molecular flexibility index (Phi) is 7.32. The first-order valence-electron chi connectivity index (χ1n) is 11.0. The van der Waals surface area contributed by atoms with E-state index in [0.29, 0.717) is 17.5 Å². The van der Waals surface area contributed by atoms with Crippen LogP contribution in [0.5, 0.6) is 5.75 Å². The number of carbonyl (C=O) groups is 1. The van der Waals surface area contributed by atoms with Crippen molar-refractivity contribution in [1.29, 1.82) is 0 Å². The summed E-state index contributed by atoms with van der Waals surface area (Å²) in [5, 5.41) is 12.6. The number of ether oxygens (including phenoxy) is 1. The van der Waals surface area contributed by atoms with Crippen molar-refractivity contribution in [2.24, 2.45) is 7.05 Å². The summed E-state index contributed by atoms with van der Waals surface area (Å²) < 4.78 is 9.47. The van der Waals surface area contributed by atoms with Gasteiger partial charge in [0.05, 0.1) is 12.9 Å². The Balaban J connectivity index is 1.53. The Morgan fingerprint density at radius 3 is 2.71 bits per heavy atom. The number of aromatic nitrogens is 5. The second-order valence-electron chi connectivity index (χ2n) is 7.85. The third-order valence-electron chi connectivity index (χ3n) is 5.51. The van der Waals surface area contributed by atoms with Crippen LogP contribution in [0.3, 0.4) is 0 Å². The lowest BCUT2D eigenvalue weighted by molar-refractivity contribution is -0.119. The van der Waals surface area contributed by atoms with Gasteiger partial charge in [-0.15, -0.1) is 10.2 Å². The third kappa shape index (κ3) is 4.99. The predicted molar refractivity (Wildman–Crippen MR) is 133 cm³/mol. The van der Waals surface area contributed by atoms with E-state index < -0.39 is 6.04 Å². The highest BCUT2D eigenvalue weighted by molar-refractivity contribution is 7.99. The summed E-state index contributed by atoms with van der Waals surface area (Å²) in [7, 11) is 3.53. The largest absolute Gasteiger partial charge is 0.496 e. The van der Waals surface area contributed by atoms with Crippen molar-refractivity contribution in [3.8, 4) is 17.1 Å². The first-order chi connectivity index (χ1) is 16.5. The van der Waals surface area contributed by atoms with Crippen LogP contribution in [0.2, 0.25) is 0 Å². The molecule has 4 rings (SSSR count). The molecule has 0 spiro atoms. The maximum Gasteiger partial charge on any atom is 0.231 e. The third-order valence-corrected chi connectivity index (χ3v) is 6.48. The molecule has 4 aromatic rings. The number of thioether (sulfide) groups is 1. The van der Waals surface area contributed by atoms with Gasteiger partial charge in [-0.2, -0.15) is 0 Å². The molecular formula is C25H28N6O2S. The number of aryl methyl sites for hydroxylation is 2. The topological polar surface area (TPSA) is 86.9 Å². The number of carbonyl (C=O) groups excluding carboxylic acids is 1. The summed E-state index contributed by atoms with van der Waals surface area (Å²) >= 11 is 1.37. The number of hydrogen-bond acceptors (Lipinski definition) is 6. The molecule has 0 radical (unpaired) electrons. The van der Waals surface area contributed by atoms with E-state index >= 15 is 0 Å². The molecule has 1 amide bonds. The van der Waals surface area contributed by atoms with Crippen molar-refractivity contribution in [3.63, 3.8) is 0 Å². The van der Waals surface area contributed by atoms with Crippen LogP contribution in [0.25, 0.3) is 11.4 Å². The summed E-state index contributed by atoms with van der Waals surface area (Å²) in [6, 6.07) is 15.4. The number of benzene rings is 2. The van der Waals surface area contributed by atoms with Gasteiger partial charge in [-0.3, -0.25) is 4.79 Å². The van der Waals surface area contributed by atoms with E-state index in [0.717, 1.165) is 28.3 Å². The zero-order valence-corrected chi connectivity index (χ0v) is 20.5. The summed E-state index contributed by atoms with van der Waals surface area (Å²) in [6.07, 6.45) is 3.57. The number of methoxy groups -OCH3 is 1. The zero-order chi connectivity index (χ0) is 24.1. The van der Waals surface area contributed by atoms with Crippen LogP contribution in [0.15, 0.2) is 66.1 Å². The number of nitrogens with zero attached hydrogens (tertiary/aromatic N) is 5. The Morgan fingerprint density at radius 1 is 1.18 bits per heavy atom. The van der Waals surface area contributed by atoms with Gasteiger partial charge in [0.15, 0.2) is 11.0 Å². The van der Waals surface area contributed by atoms with Crippen LogP contribution in [0, 0.1) is 6.92 Å². The van der Waals surface area contributed by atoms with Crippen molar-refractivity contribution < 1.29 is 9.53 Å². The molecule has 0 saturated carbocycles. The van der Waals surface area contributed by atoms with Gasteiger partial charge in [0.1, 0.15) is 17.6 Å². The average Bonchev–Trinajstić information content (AvgIpc) is 3.46. The van der Waals surface area contributed by atoms with Crippen molar-refractivity contribution in [2.75, 3.05) is 12.9 Å². The second kappa shape index (κ2) is 10.6. The number of amides is 1. The molecule has 1 unspecified atom stereocenters. The van der Waals surface area contributed by atoms with Gasteiger partial charge in [0.25, 0.3) is 0 Å². The van der Waals surface area contributed by atoms with E-state index in [4.69, 9.17) is 4.74 Å². The van der Waals surface area contributed by atoms with Gasteiger partial charge < -0.3 is 19.2 Å². The predicted octanol–water partition coefficient (Wildman–Crippen LogP) is 4.01. The molecule has 2 aromatic carbocycles. The van der Waals surface area contributed by atoms with E-state index in [9.17, 15) is 4.79 Å². The molecule has 0 aliphatic carbocycles. The highest BCUT2D eigenvalue weighted by Gasteiger charge is 2.24. The molecule has 9 heteroatoms. The van der Waals surface area contributed by atoms with E-state index in [1.165, 1.54) is 11.8 Å². The fraction of sp³-hybridized carbons (Fsp3) is 0.280. The van der Waals surface area contributed by atoms with Crippen molar-refractivity contribution in [2.45, 2.75) is 31.6 Å². The molecule has 8 nitrogen and oxygen atoms in total. The normalized spacial score (nSPS) is 11.9. The van der Waals surface area contributed by atoms with Gasteiger partial charge in [0.2, 0.25) is 5.91 Å². The van der Waals surface area contributed by atoms with Crippen molar-refractivity contribution in [3.05, 3.63) is 77.9 Å². The number of nitrogens with one attached hydrogen (secondary N) is 1. The molecule has 0 fully saturated rings. The quantitative estimate of drug-likeness (QED) is 0.367. The van der Waals surface area contributed by atoms with Crippen LogP contribution < -0.4 is 10.1 Å². The number of para-hydroxylation sites is 1. The zero-order valence-electron chi connectivity index (χ0n) is 19.7. The van der Waals surface area contributed by atoms with E-state index in [2.05, 4.69) is 39.6 Å². The Labute approximate surface area is 203 Å². The number of hydrogen-bond donors (Lipinski definition) is 1. The summed E-state index contributed by atoms with van der Waals surface area (Å²) in [6.45, 7) is 4.80. The highest BCUT2D eigenvalue weighted by Crippen LogP contribution is 2.30. The highest BCUT2D eigenvalue weighted by atomic mass is 32.2. The smallest absolute Gasteiger partial charge is 0.231 e. The van der Waals surface area contributed by atoms with Gasteiger partial charge in [-0.1, -0.05) is 53.7 Å². The Morgan fingerprint density at radius 2 is 2.00 bits per heavy atom. The molecule has 176 valence electrons. The molecule has 0 saturated heterocycles. The molecule has 0 bridgehead atoms. The molecule has 0 aliphatic heterocycles. The standard InChI is InChI=1S/C25H28N6O2S/c1-5-31-23(18-10-8-9-17(2)15-18)28-29-25(31)34-16-21(32)27-22(24-26-13-14-30(24)3)19-11-6-7-12-20(19)33-4/h6-15,22H,5,16H2,1-4H3,(H,27,32). The minimum atomic E-state index is -0.448. The van der Waals surface area contributed by atoms with Crippen LogP contribution in [-0.2, 0) is 18.4 Å². The van der Waals surface area contributed by atoms with Gasteiger partial charge >= 0.3 is 0 Å². The van der Waals surface area contributed by atoms with E-state index in [-0.39, 0.29) is 11.7 Å². The fourth-order valence-corrected chi connectivity index (χ4v) is 4.67. The second-order valence-corrected chi connectivity index (χ2v) is 8.79. The molecule has 0 aliphatic rings. The summed E-state index contributed by atoms with van der Waals surface area (Å²) in [5.41, 5.74) is 3.01. The van der Waals surface area contributed by atoms with Crippen molar-refractivity contribution in [1.82, 2.24) is 29.6 Å². The molecule has 2 aromatic heterocycles. The molecule has 1 N–H and O–H groups in total. The maximum atomic E-state index is 13.1. The minimum Gasteiger partial charge on any atom is -0.496 e. The SMILES string of the molecule is CCn1c(SCC(=O)NC(c2ccccc2OC)c2nccn2C)nnc1-c1cccc(C)c1. The maximum absolute atomic E-state index is 13.1. The fourth-order valence-electron chi connectivity index (χ4n) is 3.85. The summed E-state index contributed by atoms with van der Waals surface area (Å²) in [4.78, 5) is 17.5. The van der Waals surface area contributed by atoms with Gasteiger partial charge in [0, 0.05) is 37.1 Å². The molecule has 1 atom stereocenters. The van der Waals surface area contributed by atoms with E-state index in [1.807, 2.05) is 65.7 Å². The molecule has 34 heavy (non-hydrogen) atoms.